The number of sulfonamides is 1. The number of hydrogen-bond donors (Lipinski definition) is 1. The van der Waals surface area contributed by atoms with Gasteiger partial charge in [0.15, 0.2) is 0 Å². The number of hydrogen-bond acceptors (Lipinski definition) is 5. The molecule has 0 bridgehead atoms. The highest BCUT2D eigenvalue weighted by atomic mass is 79.9. The Kier molecular flexibility index (Phi) is 7.49. The second-order valence-corrected chi connectivity index (χ2v) is 10.0. The molecule has 30 heavy (non-hydrogen) atoms. The molecule has 3 rings (SSSR count). The van der Waals surface area contributed by atoms with Gasteiger partial charge in [-0.3, -0.25) is 9.78 Å². The number of benzene rings is 1. The predicted molar refractivity (Wildman–Crippen MR) is 123 cm³/mol. The summed E-state index contributed by atoms with van der Waals surface area (Å²) in [6, 6.07) is 6.65. The minimum atomic E-state index is -3.60. The topological polar surface area (TPSA) is 82.6 Å². The van der Waals surface area contributed by atoms with Gasteiger partial charge in [-0.1, -0.05) is 6.42 Å². The lowest BCUT2D eigenvalue weighted by atomic mass is 10.2. The third kappa shape index (κ3) is 5.01. The maximum absolute atomic E-state index is 13.1. The van der Waals surface area contributed by atoms with Crippen molar-refractivity contribution in [3.8, 4) is 0 Å². The highest BCUT2D eigenvalue weighted by Crippen LogP contribution is 2.31. The fourth-order valence-electron chi connectivity index (χ4n) is 3.60. The number of nitrogens with zero attached hydrogens (tertiary/aromatic N) is 3. The summed E-state index contributed by atoms with van der Waals surface area (Å²) in [4.78, 5) is 19.1. The first kappa shape index (κ1) is 22.7. The van der Waals surface area contributed by atoms with Crippen molar-refractivity contribution in [2.24, 2.45) is 0 Å². The number of amides is 1. The van der Waals surface area contributed by atoms with E-state index in [1.807, 2.05) is 13.8 Å². The summed E-state index contributed by atoms with van der Waals surface area (Å²) in [5, 5.41) is 2.89. The van der Waals surface area contributed by atoms with Gasteiger partial charge in [0.05, 0.1) is 21.8 Å². The van der Waals surface area contributed by atoms with E-state index in [2.05, 4.69) is 31.1 Å². The minimum Gasteiger partial charge on any atom is -0.370 e. The maximum Gasteiger partial charge on any atom is 0.257 e. The molecule has 1 aromatic carbocycles. The average molecular weight is 495 g/mol. The van der Waals surface area contributed by atoms with Gasteiger partial charge in [0.1, 0.15) is 0 Å². The van der Waals surface area contributed by atoms with Crippen molar-refractivity contribution in [2.45, 2.75) is 38.0 Å². The first-order valence-electron chi connectivity index (χ1n) is 10.2. The van der Waals surface area contributed by atoms with Gasteiger partial charge in [-0.15, -0.1) is 0 Å². The Morgan fingerprint density at radius 1 is 1.13 bits per heavy atom. The standard InChI is InChI=1S/C21H27BrN4O3S/c1-3-25(4-2)20-9-8-18(30(28,29)26-10-6-5-7-11-26)13-19(20)24-21(27)16-12-17(22)15-23-14-16/h8-9,12-15H,3-7,10-11H2,1-2H3,(H,24,27). The Morgan fingerprint density at radius 2 is 1.83 bits per heavy atom. The van der Waals surface area contributed by atoms with E-state index in [0.29, 0.717) is 28.8 Å². The molecular formula is C21H27BrN4O3S. The zero-order valence-corrected chi connectivity index (χ0v) is 19.7. The van der Waals surface area contributed by atoms with Gasteiger partial charge in [-0.25, -0.2) is 8.42 Å². The lowest BCUT2D eigenvalue weighted by Crippen LogP contribution is -2.35. The molecule has 0 atom stereocenters. The molecule has 7 nitrogen and oxygen atoms in total. The molecule has 1 N–H and O–H groups in total. The molecule has 0 spiro atoms. The Labute approximate surface area is 186 Å². The summed E-state index contributed by atoms with van der Waals surface area (Å²) in [6.07, 6.45) is 5.87. The van der Waals surface area contributed by atoms with Crippen LogP contribution >= 0.6 is 15.9 Å². The molecule has 0 saturated carbocycles. The Bertz CT molecular complexity index is 1000. The molecule has 2 aromatic rings. The average Bonchev–Trinajstić information content (AvgIpc) is 2.76. The van der Waals surface area contributed by atoms with E-state index in [4.69, 9.17) is 0 Å². The Balaban J connectivity index is 1.99. The van der Waals surface area contributed by atoms with Crippen LogP contribution in [0.1, 0.15) is 43.5 Å². The SMILES string of the molecule is CCN(CC)c1ccc(S(=O)(=O)N2CCCCC2)cc1NC(=O)c1cncc(Br)c1. The van der Waals surface area contributed by atoms with E-state index in [1.54, 1.807) is 30.5 Å². The van der Waals surface area contributed by atoms with Crippen molar-refractivity contribution in [3.63, 3.8) is 0 Å². The van der Waals surface area contributed by atoms with Crippen LogP contribution in [0.2, 0.25) is 0 Å². The fourth-order valence-corrected chi connectivity index (χ4v) is 5.51. The van der Waals surface area contributed by atoms with E-state index in [9.17, 15) is 13.2 Å². The van der Waals surface area contributed by atoms with Crippen LogP contribution in [-0.2, 0) is 10.0 Å². The number of pyridine rings is 1. The van der Waals surface area contributed by atoms with Crippen molar-refractivity contribution in [3.05, 3.63) is 46.7 Å². The second kappa shape index (κ2) is 9.89. The number of aromatic nitrogens is 1. The fraction of sp³-hybridized carbons (Fsp3) is 0.429. The van der Waals surface area contributed by atoms with E-state index in [1.165, 1.54) is 10.5 Å². The van der Waals surface area contributed by atoms with E-state index < -0.39 is 10.0 Å². The zero-order chi connectivity index (χ0) is 21.7. The van der Waals surface area contributed by atoms with Crippen molar-refractivity contribution >= 4 is 43.2 Å². The number of nitrogens with one attached hydrogen (secondary N) is 1. The number of carbonyl (C=O) groups is 1. The first-order chi connectivity index (χ1) is 14.4. The molecule has 0 aliphatic carbocycles. The third-order valence-corrected chi connectivity index (χ3v) is 7.57. The van der Waals surface area contributed by atoms with E-state index in [-0.39, 0.29) is 10.8 Å². The van der Waals surface area contributed by atoms with Crippen LogP contribution in [0.3, 0.4) is 0 Å². The first-order valence-corrected chi connectivity index (χ1v) is 12.4. The van der Waals surface area contributed by atoms with Crippen LogP contribution in [0.4, 0.5) is 11.4 Å². The summed E-state index contributed by atoms with van der Waals surface area (Å²) in [6.45, 7) is 6.57. The minimum absolute atomic E-state index is 0.197. The summed E-state index contributed by atoms with van der Waals surface area (Å²) in [5.74, 6) is -0.343. The van der Waals surface area contributed by atoms with Gasteiger partial charge >= 0.3 is 0 Å². The molecule has 1 amide bonds. The monoisotopic (exact) mass is 494 g/mol. The molecule has 2 heterocycles. The van der Waals surface area contributed by atoms with Crippen LogP contribution in [0.5, 0.6) is 0 Å². The van der Waals surface area contributed by atoms with Crippen LogP contribution in [0.15, 0.2) is 46.0 Å². The van der Waals surface area contributed by atoms with Crippen LogP contribution in [-0.4, -0.2) is 49.8 Å². The molecule has 0 unspecified atom stereocenters. The summed E-state index contributed by atoms with van der Waals surface area (Å²) in [5.41, 5.74) is 1.65. The van der Waals surface area contributed by atoms with Gasteiger partial charge in [-0.05, 0) is 66.9 Å². The van der Waals surface area contributed by atoms with Crippen molar-refractivity contribution in [1.29, 1.82) is 0 Å². The molecule has 1 aromatic heterocycles. The lowest BCUT2D eigenvalue weighted by Gasteiger charge is -2.28. The van der Waals surface area contributed by atoms with Crippen LogP contribution in [0, 0.1) is 0 Å². The number of carbonyl (C=O) groups excluding carboxylic acids is 1. The summed E-state index contributed by atoms with van der Waals surface area (Å²) < 4.78 is 28.5. The molecule has 1 saturated heterocycles. The summed E-state index contributed by atoms with van der Waals surface area (Å²) >= 11 is 3.32. The van der Waals surface area contributed by atoms with Gasteiger partial charge in [-0.2, -0.15) is 4.31 Å². The van der Waals surface area contributed by atoms with E-state index in [0.717, 1.165) is 38.0 Å². The van der Waals surface area contributed by atoms with Crippen LogP contribution < -0.4 is 10.2 Å². The van der Waals surface area contributed by atoms with E-state index >= 15 is 0 Å². The largest absolute Gasteiger partial charge is 0.370 e. The molecule has 1 aliphatic rings. The highest BCUT2D eigenvalue weighted by molar-refractivity contribution is 9.10. The normalized spacial score (nSPS) is 15.0. The van der Waals surface area contributed by atoms with Crippen molar-refractivity contribution in [1.82, 2.24) is 9.29 Å². The molecule has 9 heteroatoms. The van der Waals surface area contributed by atoms with Gasteiger partial charge in [0, 0.05) is 43.0 Å². The number of halogens is 1. The molecule has 0 radical (unpaired) electrons. The third-order valence-electron chi connectivity index (χ3n) is 5.24. The molecule has 1 fully saturated rings. The highest BCUT2D eigenvalue weighted by Gasteiger charge is 2.27. The molecular weight excluding hydrogens is 468 g/mol. The molecule has 162 valence electrons. The number of rotatable bonds is 7. The predicted octanol–water partition coefficient (Wildman–Crippen LogP) is 4.12. The molecule has 1 aliphatic heterocycles. The Hall–Kier alpha value is -1.97. The number of anilines is 2. The summed E-state index contributed by atoms with van der Waals surface area (Å²) in [7, 11) is -3.60. The van der Waals surface area contributed by atoms with Gasteiger partial charge < -0.3 is 10.2 Å². The number of piperidine rings is 1. The van der Waals surface area contributed by atoms with Crippen molar-refractivity contribution in [2.75, 3.05) is 36.4 Å². The quantitative estimate of drug-likeness (QED) is 0.625. The smallest absolute Gasteiger partial charge is 0.257 e. The van der Waals surface area contributed by atoms with Gasteiger partial charge in [0.2, 0.25) is 10.0 Å². The van der Waals surface area contributed by atoms with Crippen molar-refractivity contribution < 1.29 is 13.2 Å². The zero-order valence-electron chi connectivity index (χ0n) is 17.3. The van der Waals surface area contributed by atoms with Crippen LogP contribution in [0.25, 0.3) is 0 Å². The van der Waals surface area contributed by atoms with Gasteiger partial charge in [0.25, 0.3) is 5.91 Å². The maximum atomic E-state index is 13.1. The Morgan fingerprint density at radius 3 is 2.47 bits per heavy atom. The lowest BCUT2D eigenvalue weighted by molar-refractivity contribution is 0.102. The second-order valence-electron chi connectivity index (χ2n) is 7.16.